The lowest BCUT2D eigenvalue weighted by Crippen LogP contribution is -2.31. The Morgan fingerprint density at radius 1 is 1.35 bits per heavy atom. The van der Waals surface area contributed by atoms with Crippen LogP contribution in [0.2, 0.25) is 5.02 Å². The van der Waals surface area contributed by atoms with E-state index in [9.17, 15) is 13.2 Å². The molecule has 0 fully saturated rings. The molecule has 4 N–H and O–H groups in total. The molecule has 1 aromatic carbocycles. The maximum Gasteiger partial charge on any atom is 0.240 e. The fourth-order valence-corrected chi connectivity index (χ4v) is 2.61. The predicted molar refractivity (Wildman–Crippen MR) is 79.0 cm³/mol. The molecule has 1 rings (SSSR count). The van der Waals surface area contributed by atoms with E-state index in [1.165, 1.54) is 18.2 Å². The minimum Gasteiger partial charge on any atom is -0.397 e. The third-order valence-corrected chi connectivity index (χ3v) is 4.30. The Kier molecular flexibility index (Phi) is 6.25. The largest absolute Gasteiger partial charge is 0.397 e. The molecule has 0 aliphatic rings. The molecule has 6 nitrogen and oxygen atoms in total. The van der Waals surface area contributed by atoms with Gasteiger partial charge in [0.1, 0.15) is 0 Å². The zero-order chi connectivity index (χ0) is 15.2. The summed E-state index contributed by atoms with van der Waals surface area (Å²) in [5.41, 5.74) is 5.75. The van der Waals surface area contributed by atoms with Gasteiger partial charge in [0, 0.05) is 19.5 Å². The van der Waals surface area contributed by atoms with Crippen molar-refractivity contribution in [2.75, 3.05) is 18.8 Å². The summed E-state index contributed by atoms with van der Waals surface area (Å²) in [7, 11) is -3.68. The van der Waals surface area contributed by atoms with Crippen LogP contribution in [0.1, 0.15) is 19.8 Å². The lowest BCUT2D eigenvalue weighted by Gasteiger charge is -2.08. The summed E-state index contributed by atoms with van der Waals surface area (Å²) in [5.74, 6) is -0.190. The van der Waals surface area contributed by atoms with E-state index in [2.05, 4.69) is 10.0 Å². The first kappa shape index (κ1) is 16.7. The molecule has 0 unspecified atom stereocenters. The molecule has 112 valence electrons. The number of hydrogen-bond acceptors (Lipinski definition) is 4. The van der Waals surface area contributed by atoms with E-state index in [-0.39, 0.29) is 29.5 Å². The fourth-order valence-electron chi connectivity index (χ4n) is 1.42. The molecule has 0 radical (unpaired) electrons. The number of hydrogen-bond donors (Lipinski definition) is 3. The zero-order valence-corrected chi connectivity index (χ0v) is 12.7. The molecular formula is C12H18ClN3O3S. The highest BCUT2D eigenvalue weighted by molar-refractivity contribution is 7.89. The smallest absolute Gasteiger partial charge is 0.240 e. The van der Waals surface area contributed by atoms with Crippen molar-refractivity contribution in [3.63, 3.8) is 0 Å². The van der Waals surface area contributed by atoms with Crippen LogP contribution in [0.3, 0.4) is 0 Å². The minimum atomic E-state index is -3.68. The summed E-state index contributed by atoms with van der Waals surface area (Å²) >= 11 is 5.73. The molecule has 20 heavy (non-hydrogen) atoms. The van der Waals surface area contributed by atoms with Crippen molar-refractivity contribution in [1.82, 2.24) is 10.0 Å². The van der Waals surface area contributed by atoms with Crippen LogP contribution in [-0.2, 0) is 14.8 Å². The van der Waals surface area contributed by atoms with Crippen LogP contribution in [0.4, 0.5) is 5.69 Å². The maximum atomic E-state index is 11.9. The minimum absolute atomic E-state index is 0.0216. The van der Waals surface area contributed by atoms with E-state index < -0.39 is 10.0 Å². The second kappa shape index (κ2) is 7.47. The first-order chi connectivity index (χ1) is 9.36. The molecule has 0 aromatic heterocycles. The second-order valence-corrected chi connectivity index (χ2v) is 6.36. The summed E-state index contributed by atoms with van der Waals surface area (Å²) in [6.45, 7) is 2.55. The van der Waals surface area contributed by atoms with Crippen molar-refractivity contribution >= 4 is 33.2 Å². The quantitative estimate of drug-likeness (QED) is 0.655. The number of anilines is 1. The Hall–Kier alpha value is -1.31. The molecule has 0 heterocycles. The van der Waals surface area contributed by atoms with E-state index in [0.29, 0.717) is 11.6 Å². The molecule has 0 atom stereocenters. The average molecular weight is 320 g/mol. The Labute approximate surface area is 123 Å². The van der Waals surface area contributed by atoms with Crippen LogP contribution in [-0.4, -0.2) is 27.4 Å². The summed E-state index contributed by atoms with van der Waals surface area (Å²) in [6.07, 6.45) is 0.920. The summed E-state index contributed by atoms with van der Waals surface area (Å²) < 4.78 is 26.2. The van der Waals surface area contributed by atoms with Crippen molar-refractivity contribution in [3.05, 3.63) is 23.2 Å². The summed E-state index contributed by atoms with van der Waals surface area (Å²) in [6, 6.07) is 4.05. The Morgan fingerprint density at radius 3 is 2.65 bits per heavy atom. The molecule has 0 aliphatic heterocycles. The number of nitrogens with two attached hydrogens (primary N) is 1. The zero-order valence-electron chi connectivity index (χ0n) is 11.1. The molecule has 1 amide bonds. The van der Waals surface area contributed by atoms with Gasteiger partial charge in [0.25, 0.3) is 0 Å². The molecule has 0 saturated carbocycles. The van der Waals surface area contributed by atoms with E-state index in [4.69, 9.17) is 17.3 Å². The van der Waals surface area contributed by atoms with Gasteiger partial charge in [-0.15, -0.1) is 0 Å². The fraction of sp³-hybridized carbons (Fsp3) is 0.417. The SMILES string of the molecule is CCCNC(=O)CCNS(=O)(=O)c1ccc(Cl)c(N)c1. The molecule has 0 saturated heterocycles. The van der Waals surface area contributed by atoms with Gasteiger partial charge < -0.3 is 11.1 Å². The molecule has 0 bridgehead atoms. The van der Waals surface area contributed by atoms with Gasteiger partial charge in [-0.2, -0.15) is 0 Å². The van der Waals surface area contributed by atoms with Gasteiger partial charge in [-0.25, -0.2) is 13.1 Å². The van der Waals surface area contributed by atoms with Crippen LogP contribution < -0.4 is 15.8 Å². The van der Waals surface area contributed by atoms with Crippen LogP contribution >= 0.6 is 11.6 Å². The number of nitrogen functional groups attached to an aromatic ring is 1. The van der Waals surface area contributed by atoms with Crippen LogP contribution in [0.5, 0.6) is 0 Å². The number of rotatable bonds is 7. The topological polar surface area (TPSA) is 101 Å². The van der Waals surface area contributed by atoms with Crippen molar-refractivity contribution in [2.45, 2.75) is 24.7 Å². The highest BCUT2D eigenvalue weighted by Gasteiger charge is 2.15. The number of benzene rings is 1. The third-order valence-electron chi connectivity index (χ3n) is 2.49. The molecule has 8 heteroatoms. The molecule has 1 aromatic rings. The predicted octanol–water partition coefficient (Wildman–Crippen LogP) is 1.12. The second-order valence-electron chi connectivity index (χ2n) is 4.18. The Morgan fingerprint density at radius 2 is 2.05 bits per heavy atom. The Bertz CT molecular complexity index is 575. The van der Waals surface area contributed by atoms with E-state index in [1.54, 1.807) is 0 Å². The third kappa shape index (κ3) is 4.99. The normalized spacial score (nSPS) is 11.3. The maximum absolute atomic E-state index is 11.9. The highest BCUT2D eigenvalue weighted by atomic mass is 35.5. The Balaban J connectivity index is 2.57. The molecular weight excluding hydrogens is 302 g/mol. The number of sulfonamides is 1. The van der Waals surface area contributed by atoms with Crippen LogP contribution in [0.15, 0.2) is 23.1 Å². The van der Waals surface area contributed by atoms with Gasteiger partial charge in [0.2, 0.25) is 15.9 Å². The van der Waals surface area contributed by atoms with Gasteiger partial charge in [0.05, 0.1) is 15.6 Å². The van der Waals surface area contributed by atoms with Crippen LogP contribution in [0, 0.1) is 0 Å². The summed E-state index contributed by atoms with van der Waals surface area (Å²) in [5, 5.41) is 2.96. The van der Waals surface area contributed by atoms with Gasteiger partial charge in [-0.3, -0.25) is 4.79 Å². The standard InChI is InChI=1S/C12H18ClN3O3S/c1-2-6-15-12(17)5-7-16-20(18,19)9-3-4-10(13)11(14)8-9/h3-4,8,16H,2,5-7,14H2,1H3,(H,15,17). The van der Waals surface area contributed by atoms with Crippen LogP contribution in [0.25, 0.3) is 0 Å². The number of amides is 1. The highest BCUT2D eigenvalue weighted by Crippen LogP contribution is 2.21. The van der Waals surface area contributed by atoms with E-state index in [0.717, 1.165) is 6.42 Å². The number of nitrogens with one attached hydrogen (secondary N) is 2. The monoisotopic (exact) mass is 319 g/mol. The number of carbonyl (C=O) groups is 1. The molecule has 0 spiro atoms. The van der Waals surface area contributed by atoms with Crippen molar-refractivity contribution < 1.29 is 13.2 Å². The van der Waals surface area contributed by atoms with Crippen molar-refractivity contribution in [1.29, 1.82) is 0 Å². The van der Waals surface area contributed by atoms with E-state index in [1.807, 2.05) is 6.92 Å². The molecule has 0 aliphatic carbocycles. The van der Waals surface area contributed by atoms with Gasteiger partial charge >= 0.3 is 0 Å². The average Bonchev–Trinajstić information content (AvgIpc) is 2.39. The lowest BCUT2D eigenvalue weighted by atomic mass is 10.3. The first-order valence-corrected chi connectivity index (χ1v) is 8.04. The number of halogens is 1. The van der Waals surface area contributed by atoms with Gasteiger partial charge in [0.15, 0.2) is 0 Å². The number of carbonyl (C=O) groups excluding carboxylic acids is 1. The summed E-state index contributed by atoms with van der Waals surface area (Å²) in [4.78, 5) is 11.4. The van der Waals surface area contributed by atoms with E-state index >= 15 is 0 Å². The lowest BCUT2D eigenvalue weighted by molar-refractivity contribution is -0.120. The van der Waals surface area contributed by atoms with Gasteiger partial charge in [-0.1, -0.05) is 18.5 Å². The first-order valence-electron chi connectivity index (χ1n) is 6.18. The van der Waals surface area contributed by atoms with Crippen molar-refractivity contribution in [3.8, 4) is 0 Å². The van der Waals surface area contributed by atoms with Crippen molar-refractivity contribution in [2.24, 2.45) is 0 Å². The van der Waals surface area contributed by atoms with Gasteiger partial charge in [-0.05, 0) is 24.6 Å².